The van der Waals surface area contributed by atoms with Crippen LogP contribution >= 0.6 is 11.8 Å². The molecule has 0 bridgehead atoms. The lowest BCUT2D eigenvalue weighted by Crippen LogP contribution is -2.28. The molecule has 1 atom stereocenters. The third kappa shape index (κ3) is 2.73. The Hall–Kier alpha value is -2.14. The fourth-order valence-electron chi connectivity index (χ4n) is 3.38. The fourth-order valence-corrected chi connectivity index (χ4v) is 3.97. The first-order chi connectivity index (χ1) is 11.8. The zero-order valence-corrected chi connectivity index (χ0v) is 14.3. The van der Waals surface area contributed by atoms with Crippen molar-refractivity contribution in [2.24, 2.45) is 0 Å². The predicted molar refractivity (Wildman–Crippen MR) is 94.0 cm³/mol. The number of nitrogens with zero attached hydrogens (tertiary/aromatic N) is 1. The average molecular weight is 341 g/mol. The Bertz CT molecular complexity index is 777. The van der Waals surface area contributed by atoms with E-state index in [9.17, 15) is 4.79 Å². The van der Waals surface area contributed by atoms with Gasteiger partial charge in [-0.1, -0.05) is 18.2 Å². The molecule has 24 heavy (non-hydrogen) atoms. The summed E-state index contributed by atoms with van der Waals surface area (Å²) in [5, 5.41) is 0. The number of hydrogen-bond donors (Lipinski definition) is 0. The van der Waals surface area contributed by atoms with E-state index in [2.05, 4.69) is 12.1 Å². The SMILES string of the molecule is CSc1ccccc1C(=O)N1CCC(c2ccc3c(c2)OCO3)C1. The number of ether oxygens (including phenoxy) is 2. The first-order valence-corrected chi connectivity index (χ1v) is 9.30. The van der Waals surface area contributed by atoms with Crippen molar-refractivity contribution in [1.29, 1.82) is 0 Å². The minimum absolute atomic E-state index is 0.128. The van der Waals surface area contributed by atoms with Crippen LogP contribution in [0.5, 0.6) is 11.5 Å². The lowest BCUT2D eigenvalue weighted by molar-refractivity contribution is 0.0787. The van der Waals surface area contributed by atoms with Crippen LogP contribution in [0.15, 0.2) is 47.4 Å². The molecule has 2 aromatic carbocycles. The molecule has 0 N–H and O–H groups in total. The topological polar surface area (TPSA) is 38.8 Å². The molecule has 4 rings (SSSR count). The molecule has 4 nitrogen and oxygen atoms in total. The summed E-state index contributed by atoms with van der Waals surface area (Å²) < 4.78 is 10.8. The zero-order valence-electron chi connectivity index (χ0n) is 13.5. The second kappa shape index (κ2) is 6.40. The molecule has 124 valence electrons. The smallest absolute Gasteiger partial charge is 0.255 e. The molecular weight excluding hydrogens is 322 g/mol. The summed E-state index contributed by atoms with van der Waals surface area (Å²) in [6.45, 7) is 1.83. The van der Waals surface area contributed by atoms with Gasteiger partial charge in [0.2, 0.25) is 6.79 Å². The van der Waals surface area contributed by atoms with Gasteiger partial charge in [0, 0.05) is 23.9 Å². The molecule has 0 saturated carbocycles. The van der Waals surface area contributed by atoms with Gasteiger partial charge in [0.1, 0.15) is 0 Å². The van der Waals surface area contributed by atoms with Crippen LogP contribution in [-0.4, -0.2) is 36.9 Å². The lowest BCUT2D eigenvalue weighted by Gasteiger charge is -2.18. The molecule has 0 aromatic heterocycles. The van der Waals surface area contributed by atoms with Crippen LogP contribution in [0.3, 0.4) is 0 Å². The van der Waals surface area contributed by atoms with Gasteiger partial charge in [0.15, 0.2) is 11.5 Å². The second-order valence-electron chi connectivity index (χ2n) is 6.05. The van der Waals surface area contributed by atoms with E-state index in [4.69, 9.17) is 9.47 Å². The van der Waals surface area contributed by atoms with Gasteiger partial charge >= 0.3 is 0 Å². The van der Waals surface area contributed by atoms with Crippen molar-refractivity contribution in [1.82, 2.24) is 4.90 Å². The summed E-state index contributed by atoms with van der Waals surface area (Å²) in [6.07, 6.45) is 2.98. The Balaban J connectivity index is 1.51. The monoisotopic (exact) mass is 341 g/mol. The number of likely N-dealkylation sites (tertiary alicyclic amines) is 1. The summed E-state index contributed by atoms with van der Waals surface area (Å²) in [7, 11) is 0. The zero-order chi connectivity index (χ0) is 16.5. The van der Waals surface area contributed by atoms with Crippen LogP contribution in [0.4, 0.5) is 0 Å². The highest BCUT2D eigenvalue weighted by Gasteiger charge is 2.29. The van der Waals surface area contributed by atoms with Gasteiger partial charge in [-0.3, -0.25) is 4.79 Å². The number of hydrogen-bond acceptors (Lipinski definition) is 4. The van der Waals surface area contributed by atoms with E-state index in [-0.39, 0.29) is 5.91 Å². The van der Waals surface area contributed by atoms with Crippen molar-refractivity contribution < 1.29 is 14.3 Å². The van der Waals surface area contributed by atoms with Gasteiger partial charge in [-0.2, -0.15) is 0 Å². The average Bonchev–Trinajstić information content (AvgIpc) is 3.29. The Kier molecular flexibility index (Phi) is 4.10. The maximum absolute atomic E-state index is 12.9. The third-order valence-electron chi connectivity index (χ3n) is 4.68. The third-order valence-corrected chi connectivity index (χ3v) is 5.48. The van der Waals surface area contributed by atoms with Crippen LogP contribution in [0.2, 0.25) is 0 Å². The number of carbonyl (C=O) groups excluding carboxylic acids is 1. The van der Waals surface area contributed by atoms with Gasteiger partial charge in [0.05, 0.1) is 5.56 Å². The van der Waals surface area contributed by atoms with Crippen molar-refractivity contribution in [2.45, 2.75) is 17.2 Å². The van der Waals surface area contributed by atoms with E-state index in [1.165, 1.54) is 5.56 Å². The molecule has 1 amide bonds. The lowest BCUT2D eigenvalue weighted by atomic mass is 9.98. The molecular formula is C19H19NO3S. The molecule has 1 unspecified atom stereocenters. The van der Waals surface area contributed by atoms with Crippen LogP contribution in [0.1, 0.15) is 28.3 Å². The predicted octanol–water partition coefficient (Wildman–Crippen LogP) is 3.77. The van der Waals surface area contributed by atoms with E-state index in [1.807, 2.05) is 41.5 Å². The molecule has 1 saturated heterocycles. The fraction of sp³-hybridized carbons (Fsp3) is 0.316. The summed E-state index contributed by atoms with van der Waals surface area (Å²) in [5.74, 6) is 2.09. The standard InChI is InChI=1S/C19H19NO3S/c1-24-18-5-3-2-4-15(18)19(21)20-9-8-14(11-20)13-6-7-16-17(10-13)23-12-22-16/h2-7,10,14H,8-9,11-12H2,1H3. The molecule has 0 aliphatic carbocycles. The summed E-state index contributed by atoms with van der Waals surface area (Å²) in [6, 6.07) is 13.9. The molecule has 2 aromatic rings. The van der Waals surface area contributed by atoms with E-state index >= 15 is 0 Å². The van der Waals surface area contributed by atoms with Gasteiger partial charge < -0.3 is 14.4 Å². The largest absolute Gasteiger partial charge is 0.454 e. The highest BCUT2D eigenvalue weighted by Crippen LogP contribution is 2.37. The Morgan fingerprint density at radius 1 is 1.17 bits per heavy atom. The number of thioether (sulfide) groups is 1. The normalized spacial score (nSPS) is 18.9. The number of rotatable bonds is 3. The van der Waals surface area contributed by atoms with E-state index in [0.29, 0.717) is 12.7 Å². The highest BCUT2D eigenvalue weighted by molar-refractivity contribution is 7.98. The molecule has 0 spiro atoms. The van der Waals surface area contributed by atoms with E-state index in [0.717, 1.165) is 41.5 Å². The van der Waals surface area contributed by atoms with Crippen molar-refractivity contribution in [3.8, 4) is 11.5 Å². The molecule has 1 fully saturated rings. The molecule has 5 heteroatoms. The van der Waals surface area contributed by atoms with Crippen molar-refractivity contribution in [3.63, 3.8) is 0 Å². The quantitative estimate of drug-likeness (QED) is 0.797. The van der Waals surface area contributed by atoms with Crippen molar-refractivity contribution in [2.75, 3.05) is 26.1 Å². The molecule has 2 aliphatic heterocycles. The first-order valence-electron chi connectivity index (χ1n) is 8.08. The number of amides is 1. The van der Waals surface area contributed by atoms with Crippen LogP contribution in [-0.2, 0) is 0 Å². The van der Waals surface area contributed by atoms with Gasteiger partial charge in [-0.25, -0.2) is 0 Å². The van der Waals surface area contributed by atoms with Crippen molar-refractivity contribution >= 4 is 17.7 Å². The molecule has 0 radical (unpaired) electrons. The number of carbonyl (C=O) groups is 1. The first kappa shape index (κ1) is 15.4. The molecule has 2 heterocycles. The van der Waals surface area contributed by atoms with Crippen LogP contribution in [0.25, 0.3) is 0 Å². The van der Waals surface area contributed by atoms with Crippen LogP contribution < -0.4 is 9.47 Å². The van der Waals surface area contributed by atoms with Gasteiger partial charge in [0.25, 0.3) is 5.91 Å². The van der Waals surface area contributed by atoms with E-state index < -0.39 is 0 Å². The molecule has 2 aliphatic rings. The summed E-state index contributed by atoms with van der Waals surface area (Å²) >= 11 is 1.62. The Morgan fingerprint density at radius 3 is 2.88 bits per heavy atom. The highest BCUT2D eigenvalue weighted by atomic mass is 32.2. The Labute approximate surface area is 145 Å². The number of benzene rings is 2. The van der Waals surface area contributed by atoms with Crippen LogP contribution in [0, 0.1) is 0 Å². The van der Waals surface area contributed by atoms with Gasteiger partial charge in [-0.05, 0) is 42.5 Å². The minimum atomic E-state index is 0.128. The maximum Gasteiger partial charge on any atom is 0.255 e. The summed E-state index contributed by atoms with van der Waals surface area (Å²) in [4.78, 5) is 15.9. The maximum atomic E-state index is 12.9. The Morgan fingerprint density at radius 2 is 2.00 bits per heavy atom. The van der Waals surface area contributed by atoms with Gasteiger partial charge in [-0.15, -0.1) is 11.8 Å². The number of fused-ring (bicyclic) bond motifs is 1. The van der Waals surface area contributed by atoms with E-state index in [1.54, 1.807) is 11.8 Å². The van der Waals surface area contributed by atoms with Crippen molar-refractivity contribution in [3.05, 3.63) is 53.6 Å². The summed E-state index contributed by atoms with van der Waals surface area (Å²) in [5.41, 5.74) is 2.02. The minimum Gasteiger partial charge on any atom is -0.454 e. The second-order valence-corrected chi connectivity index (χ2v) is 6.90.